The van der Waals surface area contributed by atoms with Crippen LogP contribution in [0.2, 0.25) is 5.02 Å². The molecule has 60 valence electrons. The van der Waals surface area contributed by atoms with Crippen LogP contribution in [0.5, 0.6) is 0 Å². The summed E-state index contributed by atoms with van der Waals surface area (Å²) in [6.45, 7) is -0.439. The number of rotatable bonds is 2. The number of aliphatic hydroxyl groups is 1. The van der Waals surface area contributed by atoms with Crippen molar-refractivity contribution in [1.82, 2.24) is 0 Å². The molecule has 0 aromatic heterocycles. The van der Waals surface area contributed by atoms with E-state index in [2.05, 4.69) is 0 Å². The van der Waals surface area contributed by atoms with Gasteiger partial charge in [-0.2, -0.15) is 0 Å². The van der Waals surface area contributed by atoms with Gasteiger partial charge in [0.2, 0.25) is 0 Å². The summed E-state index contributed by atoms with van der Waals surface area (Å²) in [5.74, 6) is 0. The molecule has 4 heteroatoms. The fourth-order valence-electron chi connectivity index (χ4n) is 0.883. The SMILES string of the molecule is [Na+].[O-]Cc1cc(Cl)ccc1CO. The minimum absolute atomic E-state index is 0. The topological polar surface area (TPSA) is 43.3 Å². The van der Waals surface area contributed by atoms with E-state index < -0.39 is 0 Å². The Morgan fingerprint density at radius 1 is 1.33 bits per heavy atom. The van der Waals surface area contributed by atoms with Gasteiger partial charge in [-0.3, -0.25) is 0 Å². The van der Waals surface area contributed by atoms with Gasteiger partial charge in [0.15, 0.2) is 0 Å². The molecule has 1 rings (SSSR count). The van der Waals surface area contributed by atoms with Crippen LogP contribution in [0, 0.1) is 0 Å². The Kier molecular flexibility index (Phi) is 6.19. The van der Waals surface area contributed by atoms with E-state index in [1.165, 1.54) is 0 Å². The Morgan fingerprint density at radius 3 is 2.50 bits per heavy atom. The molecule has 0 aliphatic heterocycles. The average molecular weight is 195 g/mol. The Morgan fingerprint density at radius 2 is 2.00 bits per heavy atom. The molecule has 0 heterocycles. The van der Waals surface area contributed by atoms with Gasteiger partial charge in [-0.15, -0.1) is 6.61 Å². The molecule has 0 unspecified atom stereocenters. The van der Waals surface area contributed by atoms with E-state index in [0.717, 1.165) is 0 Å². The van der Waals surface area contributed by atoms with Gasteiger partial charge < -0.3 is 10.2 Å². The molecule has 0 atom stereocenters. The monoisotopic (exact) mass is 194 g/mol. The Labute approximate surface area is 98.5 Å². The van der Waals surface area contributed by atoms with Crippen molar-refractivity contribution >= 4 is 11.6 Å². The maximum absolute atomic E-state index is 10.5. The number of benzene rings is 1. The van der Waals surface area contributed by atoms with Crippen molar-refractivity contribution in [3.63, 3.8) is 0 Å². The van der Waals surface area contributed by atoms with Crippen LogP contribution in [0.15, 0.2) is 18.2 Å². The summed E-state index contributed by atoms with van der Waals surface area (Å²) in [5, 5.41) is 19.8. The van der Waals surface area contributed by atoms with Crippen LogP contribution >= 0.6 is 11.6 Å². The fraction of sp³-hybridized carbons (Fsp3) is 0.250. The van der Waals surface area contributed by atoms with E-state index in [1.54, 1.807) is 18.2 Å². The second-order valence-corrected chi connectivity index (χ2v) is 2.65. The molecular weight excluding hydrogens is 187 g/mol. The maximum atomic E-state index is 10.5. The molecule has 1 aromatic rings. The molecule has 0 radical (unpaired) electrons. The van der Waals surface area contributed by atoms with E-state index >= 15 is 0 Å². The summed E-state index contributed by atoms with van der Waals surface area (Å²) in [5.41, 5.74) is 1.23. The van der Waals surface area contributed by atoms with Crippen molar-refractivity contribution in [2.45, 2.75) is 13.2 Å². The second kappa shape index (κ2) is 5.97. The minimum Gasteiger partial charge on any atom is -0.851 e. The van der Waals surface area contributed by atoms with Crippen LogP contribution in [-0.4, -0.2) is 5.11 Å². The van der Waals surface area contributed by atoms with Gasteiger partial charge in [0.25, 0.3) is 0 Å². The van der Waals surface area contributed by atoms with Gasteiger partial charge in [0, 0.05) is 5.02 Å². The van der Waals surface area contributed by atoms with Crippen LogP contribution in [0.3, 0.4) is 0 Å². The smallest absolute Gasteiger partial charge is 0.851 e. The maximum Gasteiger partial charge on any atom is 1.00 e. The van der Waals surface area contributed by atoms with Crippen LogP contribution in [0.25, 0.3) is 0 Å². The summed E-state index contributed by atoms with van der Waals surface area (Å²) in [6.07, 6.45) is 0. The molecule has 12 heavy (non-hydrogen) atoms. The zero-order valence-electron chi connectivity index (χ0n) is 6.88. The normalized spacial score (nSPS) is 9.25. The second-order valence-electron chi connectivity index (χ2n) is 2.22. The third-order valence-corrected chi connectivity index (χ3v) is 1.73. The molecule has 0 bridgehead atoms. The largest absolute Gasteiger partial charge is 1.00 e. The number of hydrogen-bond acceptors (Lipinski definition) is 2. The standard InChI is InChI=1S/C8H8ClO2.Na/c9-8-2-1-6(4-10)7(3-8)5-11;/h1-3,10H,4-5H2;/q-1;+1. The fourth-order valence-corrected chi connectivity index (χ4v) is 1.08. The van der Waals surface area contributed by atoms with E-state index in [9.17, 15) is 5.11 Å². The van der Waals surface area contributed by atoms with Gasteiger partial charge in [0.1, 0.15) is 0 Å². The first kappa shape index (κ1) is 12.4. The van der Waals surface area contributed by atoms with Crippen molar-refractivity contribution in [3.05, 3.63) is 34.3 Å². The van der Waals surface area contributed by atoms with Crippen molar-refractivity contribution in [1.29, 1.82) is 0 Å². The van der Waals surface area contributed by atoms with E-state index in [0.29, 0.717) is 16.1 Å². The van der Waals surface area contributed by atoms with Crippen molar-refractivity contribution < 1.29 is 39.8 Å². The van der Waals surface area contributed by atoms with E-state index in [-0.39, 0.29) is 42.8 Å². The molecular formula is C8H8ClNaO2. The predicted molar refractivity (Wildman–Crippen MR) is 41.1 cm³/mol. The Bertz CT molecular complexity index is 253. The van der Waals surface area contributed by atoms with Crippen molar-refractivity contribution in [2.24, 2.45) is 0 Å². The zero-order chi connectivity index (χ0) is 8.27. The molecule has 0 aliphatic carbocycles. The van der Waals surface area contributed by atoms with E-state index in [1.807, 2.05) is 0 Å². The average Bonchev–Trinajstić information content (AvgIpc) is 2.04. The molecule has 0 aliphatic rings. The van der Waals surface area contributed by atoms with Crippen LogP contribution in [0.1, 0.15) is 11.1 Å². The first-order valence-electron chi connectivity index (χ1n) is 3.24. The van der Waals surface area contributed by atoms with Crippen LogP contribution < -0.4 is 34.7 Å². The summed E-state index contributed by atoms with van der Waals surface area (Å²) < 4.78 is 0. The number of halogens is 1. The molecule has 0 fully saturated rings. The Balaban J connectivity index is 0.00000121. The number of hydrogen-bond donors (Lipinski definition) is 1. The van der Waals surface area contributed by atoms with E-state index in [4.69, 9.17) is 16.7 Å². The molecule has 1 N–H and O–H groups in total. The van der Waals surface area contributed by atoms with Gasteiger partial charge >= 0.3 is 29.6 Å². The molecule has 1 aromatic carbocycles. The summed E-state index contributed by atoms with van der Waals surface area (Å²) in [4.78, 5) is 0. The quantitative estimate of drug-likeness (QED) is 0.538. The molecule has 0 spiro atoms. The summed E-state index contributed by atoms with van der Waals surface area (Å²) in [7, 11) is 0. The molecule has 0 saturated carbocycles. The number of aliphatic hydroxyl groups excluding tert-OH is 1. The van der Waals surface area contributed by atoms with Gasteiger partial charge in [-0.05, 0) is 17.7 Å². The zero-order valence-corrected chi connectivity index (χ0v) is 9.64. The molecule has 0 amide bonds. The van der Waals surface area contributed by atoms with Crippen molar-refractivity contribution in [2.75, 3.05) is 0 Å². The minimum atomic E-state index is -0.337. The van der Waals surface area contributed by atoms with Crippen LogP contribution in [-0.2, 0) is 13.2 Å². The van der Waals surface area contributed by atoms with Gasteiger partial charge in [-0.25, -0.2) is 0 Å². The molecule has 2 nitrogen and oxygen atoms in total. The Hall–Kier alpha value is 0.430. The van der Waals surface area contributed by atoms with Gasteiger partial charge in [0.05, 0.1) is 6.61 Å². The third-order valence-electron chi connectivity index (χ3n) is 1.49. The van der Waals surface area contributed by atoms with Gasteiger partial charge in [-0.1, -0.05) is 23.2 Å². The first-order valence-corrected chi connectivity index (χ1v) is 3.62. The molecule has 0 saturated heterocycles. The van der Waals surface area contributed by atoms with Crippen LogP contribution in [0.4, 0.5) is 0 Å². The third kappa shape index (κ3) is 3.05. The summed E-state index contributed by atoms with van der Waals surface area (Å²) in [6, 6.07) is 4.90. The van der Waals surface area contributed by atoms with Crippen molar-refractivity contribution in [3.8, 4) is 0 Å². The first-order chi connectivity index (χ1) is 5.27. The predicted octanol–water partition coefficient (Wildman–Crippen LogP) is -2.30. The summed E-state index contributed by atoms with van der Waals surface area (Å²) >= 11 is 5.63.